The van der Waals surface area contributed by atoms with Crippen LogP contribution in [0.2, 0.25) is 0 Å². The monoisotopic (exact) mass is 316 g/mol. The van der Waals surface area contributed by atoms with Crippen molar-refractivity contribution in [2.45, 2.75) is 25.0 Å². The smallest absolute Gasteiger partial charge is 0.257 e. The number of amides is 1. The summed E-state index contributed by atoms with van der Waals surface area (Å²) in [6.07, 6.45) is 3.29. The Balaban J connectivity index is 2.10. The molecule has 6 heteroatoms. The van der Waals surface area contributed by atoms with Gasteiger partial charge in [0.1, 0.15) is 6.26 Å². The number of methoxy groups -OCH3 is 1. The standard InChI is InChI=1S/C12H17BrN2O3/c1-17-10-2-3-15(9(5-10)6-14)12(16)8-4-11(13)18-7-8/h4,7,9-10H,2-3,5-6,14H2,1H3/t9-,10-/m1/s1. The Morgan fingerprint density at radius 3 is 3.06 bits per heavy atom. The van der Waals surface area contributed by atoms with E-state index >= 15 is 0 Å². The number of piperidine rings is 1. The van der Waals surface area contributed by atoms with Crippen LogP contribution < -0.4 is 5.73 Å². The van der Waals surface area contributed by atoms with Gasteiger partial charge in [0.2, 0.25) is 0 Å². The number of likely N-dealkylation sites (tertiary alicyclic amines) is 1. The largest absolute Gasteiger partial charge is 0.457 e. The molecule has 0 bridgehead atoms. The molecule has 2 rings (SSSR count). The number of ether oxygens (including phenoxy) is 1. The van der Waals surface area contributed by atoms with Gasteiger partial charge >= 0.3 is 0 Å². The van der Waals surface area contributed by atoms with E-state index in [1.54, 1.807) is 13.2 Å². The first-order valence-corrected chi connectivity index (χ1v) is 6.73. The van der Waals surface area contributed by atoms with Crippen molar-refractivity contribution in [3.63, 3.8) is 0 Å². The third-order valence-corrected chi connectivity index (χ3v) is 3.76. The number of halogens is 1. The summed E-state index contributed by atoms with van der Waals surface area (Å²) in [6, 6.07) is 1.71. The molecule has 1 amide bonds. The van der Waals surface area contributed by atoms with Crippen LogP contribution in [0.5, 0.6) is 0 Å². The fourth-order valence-electron chi connectivity index (χ4n) is 2.31. The quantitative estimate of drug-likeness (QED) is 0.920. The highest BCUT2D eigenvalue weighted by atomic mass is 79.9. The van der Waals surface area contributed by atoms with Gasteiger partial charge < -0.3 is 19.8 Å². The lowest BCUT2D eigenvalue weighted by atomic mass is 9.98. The van der Waals surface area contributed by atoms with E-state index in [1.807, 2.05) is 4.90 Å². The normalized spacial score (nSPS) is 24.3. The van der Waals surface area contributed by atoms with Crippen LogP contribution in [-0.2, 0) is 4.74 Å². The minimum absolute atomic E-state index is 0.0323. The summed E-state index contributed by atoms with van der Waals surface area (Å²) in [5.74, 6) is -0.0329. The molecule has 5 nitrogen and oxygen atoms in total. The van der Waals surface area contributed by atoms with Gasteiger partial charge in [0.05, 0.1) is 11.7 Å². The van der Waals surface area contributed by atoms with Gasteiger partial charge in [-0.05, 0) is 28.8 Å². The number of nitrogens with two attached hydrogens (primary N) is 1. The molecule has 0 unspecified atom stereocenters. The Labute approximate surface area is 114 Å². The third kappa shape index (κ3) is 2.76. The molecule has 1 aliphatic heterocycles. The maximum atomic E-state index is 12.3. The zero-order valence-electron chi connectivity index (χ0n) is 10.3. The van der Waals surface area contributed by atoms with E-state index < -0.39 is 0 Å². The van der Waals surface area contributed by atoms with Crippen molar-refractivity contribution in [1.29, 1.82) is 0 Å². The molecule has 100 valence electrons. The summed E-state index contributed by atoms with van der Waals surface area (Å²) in [5, 5.41) is 0. The highest BCUT2D eigenvalue weighted by Gasteiger charge is 2.31. The summed E-state index contributed by atoms with van der Waals surface area (Å²) in [4.78, 5) is 14.1. The zero-order chi connectivity index (χ0) is 13.1. The van der Waals surface area contributed by atoms with E-state index in [0.29, 0.717) is 23.3 Å². The lowest BCUT2D eigenvalue weighted by molar-refractivity contribution is 0.0139. The van der Waals surface area contributed by atoms with Crippen LogP contribution >= 0.6 is 15.9 Å². The molecule has 0 radical (unpaired) electrons. The minimum Gasteiger partial charge on any atom is -0.457 e. The number of hydrogen-bond acceptors (Lipinski definition) is 4. The predicted octanol–water partition coefficient (Wildman–Crippen LogP) is 1.62. The first-order chi connectivity index (χ1) is 8.65. The molecular formula is C12H17BrN2O3. The molecule has 2 heterocycles. The van der Waals surface area contributed by atoms with Crippen LogP contribution in [0.15, 0.2) is 21.4 Å². The predicted molar refractivity (Wildman–Crippen MR) is 70.3 cm³/mol. The average molecular weight is 317 g/mol. The molecule has 2 N–H and O–H groups in total. The summed E-state index contributed by atoms with van der Waals surface area (Å²) in [7, 11) is 1.70. The van der Waals surface area contributed by atoms with E-state index in [9.17, 15) is 4.79 Å². The summed E-state index contributed by atoms with van der Waals surface area (Å²) in [5.41, 5.74) is 6.30. The molecule has 2 atom stereocenters. The molecule has 0 aliphatic carbocycles. The SMILES string of the molecule is CO[C@@H]1CCN(C(=O)c2coc(Br)c2)[C@@H](CN)C1. The van der Waals surface area contributed by atoms with E-state index in [0.717, 1.165) is 12.8 Å². The summed E-state index contributed by atoms with van der Waals surface area (Å²) < 4.78 is 11.0. The number of furan rings is 1. The van der Waals surface area contributed by atoms with Crippen molar-refractivity contribution in [1.82, 2.24) is 4.90 Å². The zero-order valence-corrected chi connectivity index (χ0v) is 11.9. The molecule has 1 aromatic rings. The van der Waals surface area contributed by atoms with Crippen molar-refractivity contribution in [3.8, 4) is 0 Å². The van der Waals surface area contributed by atoms with Crippen molar-refractivity contribution in [2.75, 3.05) is 20.2 Å². The maximum Gasteiger partial charge on any atom is 0.257 e. The van der Waals surface area contributed by atoms with Gasteiger partial charge in [-0.25, -0.2) is 0 Å². The number of carbonyl (C=O) groups is 1. The Kier molecular flexibility index (Phi) is 4.42. The van der Waals surface area contributed by atoms with Crippen molar-refractivity contribution >= 4 is 21.8 Å². The first-order valence-electron chi connectivity index (χ1n) is 5.93. The molecular weight excluding hydrogens is 300 g/mol. The van der Waals surface area contributed by atoms with Crippen LogP contribution in [0.25, 0.3) is 0 Å². The Hall–Kier alpha value is -0.850. The Morgan fingerprint density at radius 2 is 2.50 bits per heavy atom. The lowest BCUT2D eigenvalue weighted by Gasteiger charge is -2.38. The molecule has 1 fully saturated rings. The van der Waals surface area contributed by atoms with Gasteiger partial charge in [0, 0.05) is 32.3 Å². The molecule has 0 spiro atoms. The molecule has 0 aromatic carbocycles. The Morgan fingerprint density at radius 1 is 1.72 bits per heavy atom. The van der Waals surface area contributed by atoms with E-state index in [4.69, 9.17) is 14.9 Å². The fraction of sp³-hybridized carbons (Fsp3) is 0.583. The van der Waals surface area contributed by atoms with Gasteiger partial charge in [-0.3, -0.25) is 4.79 Å². The number of nitrogens with zero attached hydrogens (tertiary/aromatic N) is 1. The van der Waals surface area contributed by atoms with Gasteiger partial charge in [0.25, 0.3) is 5.91 Å². The van der Waals surface area contributed by atoms with Gasteiger partial charge in [0.15, 0.2) is 4.67 Å². The van der Waals surface area contributed by atoms with Crippen LogP contribution in [0, 0.1) is 0 Å². The first kappa shape index (κ1) is 13.6. The van der Waals surface area contributed by atoms with Crippen LogP contribution in [0.1, 0.15) is 23.2 Å². The molecule has 18 heavy (non-hydrogen) atoms. The summed E-state index contributed by atoms with van der Waals surface area (Å²) >= 11 is 3.20. The Bertz CT molecular complexity index is 421. The topological polar surface area (TPSA) is 68.7 Å². The van der Waals surface area contributed by atoms with Crippen LogP contribution in [-0.4, -0.2) is 43.2 Å². The molecule has 1 saturated heterocycles. The fourth-order valence-corrected chi connectivity index (χ4v) is 2.65. The van der Waals surface area contributed by atoms with Crippen molar-refractivity contribution in [2.24, 2.45) is 5.73 Å². The van der Waals surface area contributed by atoms with Crippen molar-refractivity contribution < 1.29 is 13.9 Å². The number of rotatable bonds is 3. The third-order valence-electron chi connectivity index (χ3n) is 3.35. The molecule has 1 aromatic heterocycles. The van der Waals surface area contributed by atoms with Gasteiger partial charge in [-0.2, -0.15) is 0 Å². The van der Waals surface area contributed by atoms with Gasteiger partial charge in [-0.15, -0.1) is 0 Å². The average Bonchev–Trinajstić information content (AvgIpc) is 2.83. The van der Waals surface area contributed by atoms with E-state index in [1.165, 1.54) is 6.26 Å². The second kappa shape index (κ2) is 5.86. The highest BCUT2D eigenvalue weighted by Crippen LogP contribution is 2.23. The number of carbonyl (C=O) groups excluding carboxylic acids is 1. The highest BCUT2D eigenvalue weighted by molar-refractivity contribution is 9.10. The van der Waals surface area contributed by atoms with E-state index in [-0.39, 0.29) is 18.1 Å². The lowest BCUT2D eigenvalue weighted by Crippen LogP contribution is -2.51. The van der Waals surface area contributed by atoms with Gasteiger partial charge in [-0.1, -0.05) is 0 Å². The minimum atomic E-state index is -0.0329. The van der Waals surface area contributed by atoms with Crippen LogP contribution in [0.3, 0.4) is 0 Å². The molecule has 0 saturated carbocycles. The van der Waals surface area contributed by atoms with Crippen LogP contribution in [0.4, 0.5) is 0 Å². The second-order valence-electron chi connectivity index (χ2n) is 4.41. The van der Waals surface area contributed by atoms with Crippen molar-refractivity contribution in [3.05, 3.63) is 22.6 Å². The number of hydrogen-bond donors (Lipinski definition) is 1. The second-order valence-corrected chi connectivity index (χ2v) is 5.19. The maximum absolute atomic E-state index is 12.3. The molecule has 1 aliphatic rings. The van der Waals surface area contributed by atoms with E-state index in [2.05, 4.69) is 15.9 Å². The summed E-state index contributed by atoms with van der Waals surface area (Å²) in [6.45, 7) is 1.12.